The van der Waals surface area contributed by atoms with Crippen molar-refractivity contribution in [1.82, 2.24) is 15.0 Å². The lowest BCUT2D eigenvalue weighted by Gasteiger charge is -2.11. The van der Waals surface area contributed by atoms with Crippen LogP contribution in [0.5, 0.6) is 0 Å². The molecule has 4 aromatic rings. The number of anilines is 2. The van der Waals surface area contributed by atoms with Crippen LogP contribution in [-0.2, 0) is 6.18 Å². The highest BCUT2D eigenvalue weighted by atomic mass is 32.2. The predicted molar refractivity (Wildman–Crippen MR) is 109 cm³/mol. The van der Waals surface area contributed by atoms with Crippen LogP contribution in [0.25, 0.3) is 10.9 Å². The van der Waals surface area contributed by atoms with E-state index >= 15 is 0 Å². The highest BCUT2D eigenvalue weighted by Crippen LogP contribution is 2.40. The Bertz CT molecular complexity index is 1280. The molecule has 156 valence electrons. The van der Waals surface area contributed by atoms with Crippen LogP contribution in [0, 0.1) is 10.1 Å². The van der Waals surface area contributed by atoms with Crippen molar-refractivity contribution in [2.45, 2.75) is 16.1 Å². The first-order valence-corrected chi connectivity index (χ1v) is 9.60. The number of hydrogen-bond acceptors (Lipinski definition) is 7. The fourth-order valence-corrected chi connectivity index (χ4v) is 3.86. The second-order valence-corrected chi connectivity index (χ2v) is 7.30. The molecule has 0 saturated heterocycles. The molecule has 0 fully saturated rings. The minimum absolute atomic E-state index is 0.0133. The summed E-state index contributed by atoms with van der Waals surface area (Å²) in [5, 5.41) is 15.3. The van der Waals surface area contributed by atoms with E-state index in [0.29, 0.717) is 10.4 Å². The minimum Gasteiger partial charge on any atom is -0.334 e. The second kappa shape index (κ2) is 8.19. The molecule has 0 amide bonds. The van der Waals surface area contributed by atoms with E-state index in [1.54, 1.807) is 24.4 Å². The van der Waals surface area contributed by atoms with Crippen LogP contribution in [0.3, 0.4) is 0 Å². The maximum atomic E-state index is 13.0. The van der Waals surface area contributed by atoms with Crippen LogP contribution in [0.2, 0.25) is 0 Å². The maximum Gasteiger partial charge on any atom is 0.416 e. The molecular weight excluding hydrogens is 431 g/mol. The van der Waals surface area contributed by atoms with Crippen molar-refractivity contribution in [3.8, 4) is 0 Å². The van der Waals surface area contributed by atoms with Gasteiger partial charge < -0.3 is 5.32 Å². The van der Waals surface area contributed by atoms with Crippen molar-refractivity contribution in [1.29, 1.82) is 0 Å². The molecule has 1 N–H and O–H groups in total. The lowest BCUT2D eigenvalue weighted by atomic mass is 10.2. The third-order valence-corrected chi connectivity index (χ3v) is 5.27. The smallest absolute Gasteiger partial charge is 0.334 e. The number of fused-ring (bicyclic) bond motifs is 1. The largest absolute Gasteiger partial charge is 0.416 e. The quantitative estimate of drug-likeness (QED) is 0.235. The third-order valence-electron chi connectivity index (χ3n) is 4.23. The number of para-hydroxylation sites is 1. The standard InChI is InChI=1S/C20H12F3N5O2S/c21-20(22,23)13-6-2-7-14(10-13)27-18-17(28(29)30)19(26-11-25-18)31-15-8-1-4-12-5-3-9-24-16(12)15/h1-11H,(H,25,26,27). The summed E-state index contributed by atoms with van der Waals surface area (Å²) >= 11 is 1.03. The molecular formula is C20H12F3N5O2S. The SMILES string of the molecule is O=[N+]([O-])c1c(Nc2cccc(C(F)(F)F)c2)ncnc1Sc1cccc2cccnc12. The number of nitrogens with zero attached hydrogens (tertiary/aromatic N) is 4. The molecule has 0 radical (unpaired) electrons. The topological polar surface area (TPSA) is 93.8 Å². The van der Waals surface area contributed by atoms with Gasteiger partial charge in [0.15, 0.2) is 5.03 Å². The molecule has 0 aliphatic rings. The molecule has 31 heavy (non-hydrogen) atoms. The summed E-state index contributed by atoms with van der Waals surface area (Å²) in [6.45, 7) is 0. The molecule has 4 rings (SSSR count). The third kappa shape index (κ3) is 4.40. The molecule has 0 aliphatic carbocycles. The summed E-state index contributed by atoms with van der Waals surface area (Å²) in [4.78, 5) is 24.0. The van der Waals surface area contributed by atoms with Gasteiger partial charge in [0.1, 0.15) is 6.33 Å². The summed E-state index contributed by atoms with van der Waals surface area (Å²) in [5.41, 5.74) is -0.668. The van der Waals surface area contributed by atoms with Gasteiger partial charge in [0, 0.05) is 22.2 Å². The molecule has 0 aliphatic heterocycles. The summed E-state index contributed by atoms with van der Waals surface area (Å²) in [6.07, 6.45) is -1.82. The second-order valence-electron chi connectivity index (χ2n) is 6.27. The molecule has 11 heteroatoms. The number of halogens is 3. The van der Waals surface area contributed by atoms with Crippen LogP contribution in [-0.4, -0.2) is 19.9 Å². The summed E-state index contributed by atoms with van der Waals surface area (Å²) in [5.74, 6) is -0.213. The molecule has 2 aromatic carbocycles. The Balaban J connectivity index is 1.73. The zero-order chi connectivity index (χ0) is 22.0. The summed E-state index contributed by atoms with van der Waals surface area (Å²) in [6, 6.07) is 13.4. The van der Waals surface area contributed by atoms with E-state index in [1.807, 2.05) is 12.1 Å². The van der Waals surface area contributed by atoms with E-state index in [1.165, 1.54) is 12.1 Å². The van der Waals surface area contributed by atoms with Gasteiger partial charge in [0.2, 0.25) is 5.82 Å². The number of alkyl halides is 3. The fraction of sp³-hybridized carbons (Fsp3) is 0.0500. The van der Waals surface area contributed by atoms with Gasteiger partial charge in [-0.25, -0.2) is 9.97 Å². The molecule has 2 aromatic heterocycles. The van der Waals surface area contributed by atoms with Gasteiger partial charge in [-0.05, 0) is 30.3 Å². The van der Waals surface area contributed by atoms with Crippen LogP contribution < -0.4 is 5.32 Å². The van der Waals surface area contributed by atoms with Crippen molar-refractivity contribution in [3.05, 3.63) is 82.8 Å². The van der Waals surface area contributed by atoms with E-state index in [9.17, 15) is 23.3 Å². The monoisotopic (exact) mass is 443 g/mol. The average Bonchev–Trinajstić information content (AvgIpc) is 2.73. The Labute approximate surface area is 177 Å². The van der Waals surface area contributed by atoms with Gasteiger partial charge in [-0.2, -0.15) is 13.2 Å². The Morgan fingerprint density at radius 3 is 2.55 bits per heavy atom. The van der Waals surface area contributed by atoms with Gasteiger partial charge >= 0.3 is 11.9 Å². The number of benzene rings is 2. The van der Waals surface area contributed by atoms with E-state index in [-0.39, 0.29) is 16.5 Å². The molecule has 0 unspecified atom stereocenters. The van der Waals surface area contributed by atoms with Crippen molar-refractivity contribution < 1.29 is 18.1 Å². The normalized spacial score (nSPS) is 11.5. The van der Waals surface area contributed by atoms with Crippen LogP contribution >= 0.6 is 11.8 Å². The zero-order valence-corrected chi connectivity index (χ0v) is 16.3. The Kier molecular flexibility index (Phi) is 5.42. The Morgan fingerprint density at radius 1 is 1.00 bits per heavy atom. The van der Waals surface area contributed by atoms with Gasteiger partial charge in [0.25, 0.3) is 0 Å². The average molecular weight is 443 g/mol. The van der Waals surface area contributed by atoms with E-state index in [2.05, 4.69) is 20.3 Å². The van der Waals surface area contributed by atoms with Crippen molar-refractivity contribution >= 4 is 39.9 Å². The van der Waals surface area contributed by atoms with E-state index in [4.69, 9.17) is 0 Å². The number of hydrogen-bond donors (Lipinski definition) is 1. The van der Waals surface area contributed by atoms with Crippen LogP contribution in [0.15, 0.2) is 77.0 Å². The van der Waals surface area contributed by atoms with Crippen LogP contribution in [0.4, 0.5) is 30.4 Å². The molecule has 0 spiro atoms. The first kappa shape index (κ1) is 20.5. The number of aromatic nitrogens is 3. The number of pyridine rings is 1. The lowest BCUT2D eigenvalue weighted by molar-refractivity contribution is -0.387. The van der Waals surface area contributed by atoms with Gasteiger partial charge in [0.05, 0.1) is 16.0 Å². The van der Waals surface area contributed by atoms with Crippen molar-refractivity contribution in [3.63, 3.8) is 0 Å². The van der Waals surface area contributed by atoms with Crippen LogP contribution in [0.1, 0.15) is 5.56 Å². The first-order valence-electron chi connectivity index (χ1n) is 8.78. The summed E-state index contributed by atoms with van der Waals surface area (Å²) in [7, 11) is 0. The van der Waals surface area contributed by atoms with E-state index < -0.39 is 22.4 Å². The Hall–Kier alpha value is -3.73. The highest BCUT2D eigenvalue weighted by molar-refractivity contribution is 7.99. The Morgan fingerprint density at radius 2 is 1.77 bits per heavy atom. The van der Waals surface area contributed by atoms with Gasteiger partial charge in [-0.3, -0.25) is 15.1 Å². The number of nitro groups is 1. The molecule has 2 heterocycles. The van der Waals surface area contributed by atoms with E-state index in [0.717, 1.165) is 35.6 Å². The molecule has 7 nitrogen and oxygen atoms in total. The first-order chi connectivity index (χ1) is 14.8. The molecule has 0 saturated carbocycles. The van der Waals surface area contributed by atoms with Gasteiger partial charge in [-0.15, -0.1) is 0 Å². The fourth-order valence-electron chi connectivity index (χ4n) is 2.87. The van der Waals surface area contributed by atoms with Crippen molar-refractivity contribution in [2.75, 3.05) is 5.32 Å². The highest BCUT2D eigenvalue weighted by Gasteiger charge is 2.31. The number of nitrogens with one attached hydrogen (secondary N) is 1. The summed E-state index contributed by atoms with van der Waals surface area (Å²) < 4.78 is 38.9. The molecule has 0 atom stereocenters. The molecule has 0 bridgehead atoms. The van der Waals surface area contributed by atoms with Gasteiger partial charge in [-0.1, -0.05) is 36.0 Å². The van der Waals surface area contributed by atoms with Crippen molar-refractivity contribution in [2.24, 2.45) is 0 Å². The minimum atomic E-state index is -4.54. The maximum absolute atomic E-state index is 13.0. The zero-order valence-electron chi connectivity index (χ0n) is 15.5. The predicted octanol–water partition coefficient (Wildman–Crippen LogP) is 5.85. The number of rotatable bonds is 5. The lowest BCUT2D eigenvalue weighted by Crippen LogP contribution is -2.06.